The molecule has 7 nitrogen and oxygen atoms in total. The first-order valence-electron chi connectivity index (χ1n) is 7.93. The SMILES string of the molecule is N#Cc1ccccc1OCCN1C(=O)C(=O)N(CCc2cccs2)C1=O. The van der Waals surface area contributed by atoms with Gasteiger partial charge in [0, 0.05) is 17.8 Å². The van der Waals surface area contributed by atoms with E-state index in [0.29, 0.717) is 17.7 Å². The van der Waals surface area contributed by atoms with E-state index >= 15 is 0 Å². The largest absolute Gasteiger partial charge is 0.490 e. The molecule has 0 aliphatic carbocycles. The van der Waals surface area contributed by atoms with Crippen LogP contribution in [0.2, 0.25) is 0 Å². The number of imide groups is 2. The van der Waals surface area contributed by atoms with Gasteiger partial charge in [-0.05, 0) is 23.6 Å². The first-order chi connectivity index (χ1) is 12.6. The van der Waals surface area contributed by atoms with Crippen molar-refractivity contribution >= 4 is 29.2 Å². The molecule has 1 aliphatic rings. The first-order valence-corrected chi connectivity index (χ1v) is 8.81. The van der Waals surface area contributed by atoms with E-state index in [-0.39, 0.29) is 19.7 Å². The Bertz CT molecular complexity index is 873. The van der Waals surface area contributed by atoms with Crippen LogP contribution in [0, 0.1) is 11.3 Å². The van der Waals surface area contributed by atoms with E-state index in [1.54, 1.807) is 24.3 Å². The second kappa shape index (κ2) is 7.80. The predicted octanol–water partition coefficient (Wildman–Crippen LogP) is 2.03. The number of rotatable bonds is 7. The number of amides is 4. The van der Waals surface area contributed by atoms with Crippen LogP contribution in [0.5, 0.6) is 5.75 Å². The summed E-state index contributed by atoms with van der Waals surface area (Å²) in [6, 6.07) is 11.8. The minimum absolute atomic E-state index is 0.00220. The lowest BCUT2D eigenvalue weighted by Crippen LogP contribution is -2.36. The molecular formula is C18H15N3O4S. The van der Waals surface area contributed by atoms with E-state index in [1.807, 2.05) is 23.6 Å². The van der Waals surface area contributed by atoms with E-state index in [1.165, 1.54) is 11.3 Å². The van der Waals surface area contributed by atoms with Crippen LogP contribution in [0.3, 0.4) is 0 Å². The summed E-state index contributed by atoms with van der Waals surface area (Å²) >= 11 is 1.53. The summed E-state index contributed by atoms with van der Waals surface area (Å²) in [6.45, 7) is 0.111. The normalized spacial score (nSPS) is 14.0. The maximum Gasteiger partial charge on any atom is 0.334 e. The number of urea groups is 1. The van der Waals surface area contributed by atoms with Gasteiger partial charge in [-0.3, -0.25) is 19.4 Å². The van der Waals surface area contributed by atoms with Gasteiger partial charge >= 0.3 is 17.8 Å². The van der Waals surface area contributed by atoms with Gasteiger partial charge in [-0.25, -0.2) is 4.79 Å². The third kappa shape index (κ3) is 3.58. The molecule has 1 fully saturated rings. The maximum absolute atomic E-state index is 12.4. The summed E-state index contributed by atoms with van der Waals surface area (Å²) in [5, 5.41) is 10.9. The fourth-order valence-corrected chi connectivity index (χ4v) is 3.25. The number of hydrogen-bond donors (Lipinski definition) is 0. The fraction of sp³-hybridized carbons (Fsp3) is 0.222. The second-order valence-electron chi connectivity index (χ2n) is 5.48. The molecule has 0 radical (unpaired) electrons. The molecule has 4 amide bonds. The molecule has 0 bridgehead atoms. The highest BCUT2D eigenvalue weighted by Crippen LogP contribution is 2.18. The van der Waals surface area contributed by atoms with Crippen LogP contribution in [0.15, 0.2) is 41.8 Å². The summed E-state index contributed by atoms with van der Waals surface area (Å²) in [4.78, 5) is 39.4. The molecule has 1 aromatic carbocycles. The molecule has 8 heteroatoms. The van der Waals surface area contributed by atoms with Crippen LogP contribution in [0.4, 0.5) is 4.79 Å². The van der Waals surface area contributed by atoms with E-state index in [4.69, 9.17) is 10.00 Å². The highest BCUT2D eigenvalue weighted by molar-refractivity contribution is 7.09. The smallest absolute Gasteiger partial charge is 0.334 e. The number of carbonyl (C=O) groups excluding carboxylic acids is 3. The molecule has 1 aromatic heterocycles. The number of nitrogens with zero attached hydrogens (tertiary/aromatic N) is 3. The van der Waals surface area contributed by atoms with Gasteiger partial charge < -0.3 is 4.74 Å². The predicted molar refractivity (Wildman–Crippen MR) is 93.5 cm³/mol. The Morgan fingerprint density at radius 1 is 1.00 bits per heavy atom. The van der Waals surface area contributed by atoms with Crippen LogP contribution < -0.4 is 4.74 Å². The molecule has 1 saturated heterocycles. The lowest BCUT2D eigenvalue weighted by molar-refractivity contribution is -0.143. The molecule has 132 valence electrons. The topological polar surface area (TPSA) is 90.7 Å². The highest BCUT2D eigenvalue weighted by atomic mass is 32.1. The maximum atomic E-state index is 12.4. The van der Waals surface area contributed by atoms with Gasteiger partial charge in [0.1, 0.15) is 18.4 Å². The molecule has 0 spiro atoms. The van der Waals surface area contributed by atoms with Crippen LogP contribution in [-0.4, -0.2) is 47.3 Å². The minimum atomic E-state index is -0.849. The van der Waals surface area contributed by atoms with Crippen molar-refractivity contribution in [2.75, 3.05) is 19.7 Å². The number of benzene rings is 1. The molecule has 0 N–H and O–H groups in total. The van der Waals surface area contributed by atoms with Gasteiger partial charge in [-0.2, -0.15) is 5.26 Å². The van der Waals surface area contributed by atoms with Gasteiger partial charge in [-0.1, -0.05) is 18.2 Å². The van der Waals surface area contributed by atoms with Crippen molar-refractivity contribution in [1.82, 2.24) is 9.80 Å². The van der Waals surface area contributed by atoms with Crippen LogP contribution in [0.1, 0.15) is 10.4 Å². The van der Waals surface area contributed by atoms with Gasteiger partial charge in [0.2, 0.25) is 0 Å². The Labute approximate surface area is 154 Å². The van der Waals surface area contributed by atoms with E-state index in [9.17, 15) is 14.4 Å². The molecule has 1 aliphatic heterocycles. The summed E-state index contributed by atoms with van der Waals surface area (Å²) in [5.74, 6) is -1.29. The molecule has 3 rings (SSSR count). The highest BCUT2D eigenvalue weighted by Gasteiger charge is 2.43. The molecule has 26 heavy (non-hydrogen) atoms. The lowest BCUT2D eigenvalue weighted by Gasteiger charge is -2.15. The number of para-hydroxylation sites is 1. The summed E-state index contributed by atoms with van der Waals surface area (Å²) in [6.07, 6.45) is 0.516. The summed E-state index contributed by atoms with van der Waals surface area (Å²) in [7, 11) is 0. The lowest BCUT2D eigenvalue weighted by atomic mass is 10.2. The molecular weight excluding hydrogens is 354 g/mol. The van der Waals surface area contributed by atoms with E-state index in [0.717, 1.165) is 14.7 Å². The zero-order chi connectivity index (χ0) is 18.5. The third-order valence-electron chi connectivity index (χ3n) is 3.88. The first kappa shape index (κ1) is 17.6. The van der Waals surface area contributed by atoms with Crippen molar-refractivity contribution in [3.05, 3.63) is 52.2 Å². The van der Waals surface area contributed by atoms with Crippen LogP contribution in [-0.2, 0) is 16.0 Å². The third-order valence-corrected chi connectivity index (χ3v) is 4.81. The monoisotopic (exact) mass is 369 g/mol. The second-order valence-corrected chi connectivity index (χ2v) is 6.51. The fourth-order valence-electron chi connectivity index (χ4n) is 2.55. The summed E-state index contributed by atoms with van der Waals surface area (Å²) in [5.41, 5.74) is 0.361. The number of nitriles is 1. The Morgan fingerprint density at radius 3 is 2.42 bits per heavy atom. The molecule has 0 atom stereocenters. The molecule has 2 aromatic rings. The van der Waals surface area contributed by atoms with Crippen molar-refractivity contribution in [2.45, 2.75) is 6.42 Å². The van der Waals surface area contributed by atoms with Crippen molar-refractivity contribution < 1.29 is 19.1 Å². The van der Waals surface area contributed by atoms with E-state index < -0.39 is 17.8 Å². The summed E-state index contributed by atoms with van der Waals surface area (Å²) < 4.78 is 5.48. The number of carbonyl (C=O) groups is 3. The number of thiophene rings is 1. The number of hydrogen-bond acceptors (Lipinski definition) is 6. The van der Waals surface area contributed by atoms with Gasteiger partial charge in [0.25, 0.3) is 0 Å². The average Bonchev–Trinajstić information content (AvgIpc) is 3.24. The average molecular weight is 369 g/mol. The Hall–Kier alpha value is -3.18. The molecule has 0 saturated carbocycles. The van der Waals surface area contributed by atoms with Crippen molar-refractivity contribution in [3.63, 3.8) is 0 Å². The van der Waals surface area contributed by atoms with Crippen LogP contribution in [0.25, 0.3) is 0 Å². The van der Waals surface area contributed by atoms with Crippen molar-refractivity contribution in [2.24, 2.45) is 0 Å². The van der Waals surface area contributed by atoms with E-state index in [2.05, 4.69) is 0 Å². The zero-order valence-corrected chi connectivity index (χ0v) is 14.6. The molecule has 0 unspecified atom stereocenters. The van der Waals surface area contributed by atoms with Gasteiger partial charge in [0.15, 0.2) is 0 Å². The molecule has 2 heterocycles. The Balaban J connectivity index is 1.58. The van der Waals surface area contributed by atoms with Gasteiger partial charge in [-0.15, -0.1) is 11.3 Å². The Morgan fingerprint density at radius 2 is 1.73 bits per heavy atom. The zero-order valence-electron chi connectivity index (χ0n) is 13.8. The number of ether oxygens (including phenoxy) is 1. The van der Waals surface area contributed by atoms with Crippen LogP contribution >= 0.6 is 11.3 Å². The quantitative estimate of drug-likeness (QED) is 0.550. The standard InChI is InChI=1S/C18H15N3O4S/c19-12-13-4-1-2-6-15(13)25-10-9-21-17(23)16(22)20(18(21)24)8-7-14-5-3-11-26-14/h1-6,11H,7-10H2. The minimum Gasteiger partial charge on any atom is -0.490 e. The van der Waals surface area contributed by atoms with Gasteiger partial charge in [0.05, 0.1) is 12.1 Å². The van der Waals surface area contributed by atoms with Crippen molar-refractivity contribution in [3.8, 4) is 11.8 Å². The Kier molecular flexibility index (Phi) is 5.29. The van der Waals surface area contributed by atoms with Crippen molar-refractivity contribution in [1.29, 1.82) is 5.26 Å².